The van der Waals surface area contributed by atoms with Gasteiger partial charge >= 0.3 is 0 Å². The van der Waals surface area contributed by atoms with E-state index in [1.54, 1.807) is 12.1 Å². The summed E-state index contributed by atoms with van der Waals surface area (Å²) in [5.41, 5.74) is 4.98. The van der Waals surface area contributed by atoms with Crippen LogP contribution >= 0.6 is 23.4 Å². The number of para-hydroxylation sites is 1. The molecule has 0 saturated carbocycles. The maximum atomic E-state index is 13.2. The molecule has 156 valence electrons. The van der Waals surface area contributed by atoms with Gasteiger partial charge < -0.3 is 15.5 Å². The van der Waals surface area contributed by atoms with E-state index in [0.29, 0.717) is 22.5 Å². The number of carbonyl (C=O) groups is 1. The number of fused-ring (bicyclic) bond motifs is 1. The van der Waals surface area contributed by atoms with Gasteiger partial charge in [0, 0.05) is 6.42 Å². The molecule has 1 aliphatic rings. The fourth-order valence-corrected chi connectivity index (χ4v) is 4.56. The van der Waals surface area contributed by atoms with E-state index in [0.717, 1.165) is 23.6 Å². The number of aryl methyl sites for hydroxylation is 1. The van der Waals surface area contributed by atoms with Crippen molar-refractivity contribution >= 4 is 35.0 Å². The minimum Gasteiger partial charge on any atom is -0.494 e. The summed E-state index contributed by atoms with van der Waals surface area (Å²) in [5.74, 6) is 1.45. The molecule has 7 nitrogen and oxygen atoms in total. The summed E-state index contributed by atoms with van der Waals surface area (Å²) in [6, 6.07) is 14.7. The third-order valence-corrected chi connectivity index (χ3v) is 6.31. The zero-order valence-corrected chi connectivity index (χ0v) is 18.2. The Morgan fingerprint density at radius 2 is 1.97 bits per heavy atom. The Bertz CT molecular complexity index is 1040. The maximum absolute atomic E-state index is 13.2. The Morgan fingerprint density at radius 1 is 1.20 bits per heavy atom. The van der Waals surface area contributed by atoms with Crippen LogP contribution in [-0.4, -0.2) is 32.6 Å². The molecule has 0 spiro atoms. The highest BCUT2D eigenvalue weighted by Crippen LogP contribution is 2.38. The van der Waals surface area contributed by atoms with E-state index >= 15 is 0 Å². The molecule has 2 heterocycles. The number of rotatable bonds is 6. The molecule has 1 aliphatic heterocycles. The quantitative estimate of drug-likeness (QED) is 0.591. The van der Waals surface area contributed by atoms with E-state index in [4.69, 9.17) is 16.3 Å². The number of aromatic nitrogens is 3. The summed E-state index contributed by atoms with van der Waals surface area (Å²) in [5, 5.41) is 12.1. The second-order valence-electron chi connectivity index (χ2n) is 6.70. The molecule has 0 saturated heterocycles. The number of carbonyl (C=O) groups excluding carboxylic acids is 1. The number of nitrogens with one attached hydrogen (secondary N) is 2. The molecule has 30 heavy (non-hydrogen) atoms. The lowest BCUT2D eigenvalue weighted by atomic mass is 10.0. The molecule has 0 fully saturated rings. The summed E-state index contributed by atoms with van der Waals surface area (Å²) in [4.78, 5) is 13.2. The van der Waals surface area contributed by atoms with Crippen LogP contribution in [0.5, 0.6) is 5.75 Å². The summed E-state index contributed by atoms with van der Waals surface area (Å²) in [6.07, 6.45) is 0.729. The molecule has 0 radical (unpaired) electrons. The van der Waals surface area contributed by atoms with Crippen LogP contribution in [0.2, 0.25) is 5.02 Å². The Balaban J connectivity index is 1.66. The molecular formula is C21H22ClN5O2S. The number of hydrogen-bond acceptors (Lipinski definition) is 6. The average molecular weight is 444 g/mol. The second kappa shape index (κ2) is 8.97. The van der Waals surface area contributed by atoms with Crippen LogP contribution in [0, 0.1) is 0 Å². The van der Waals surface area contributed by atoms with Crippen molar-refractivity contribution in [2.24, 2.45) is 0 Å². The standard InChI is InChI=1S/C21H22ClN5O2S/c1-3-17-24-25-21-27(17)26-18(13-9-11-14(12-10-13)29-4-2)19(30-21)20(28)23-16-8-6-5-7-15(16)22/h5-12,18-19,26H,3-4H2,1-2H3,(H,23,28)/t18-,19-/m0/s1. The Labute approximate surface area is 184 Å². The number of nitrogens with zero attached hydrogens (tertiary/aromatic N) is 3. The summed E-state index contributed by atoms with van der Waals surface area (Å²) < 4.78 is 7.42. The van der Waals surface area contributed by atoms with Crippen molar-refractivity contribution in [2.45, 2.75) is 36.7 Å². The molecule has 0 aliphatic carbocycles. The minimum atomic E-state index is -0.472. The van der Waals surface area contributed by atoms with Gasteiger partial charge in [-0.2, -0.15) is 0 Å². The van der Waals surface area contributed by atoms with Crippen LogP contribution in [0.4, 0.5) is 5.69 Å². The number of ether oxygens (including phenoxy) is 1. The number of benzene rings is 2. The lowest BCUT2D eigenvalue weighted by molar-refractivity contribution is -0.116. The first-order chi connectivity index (χ1) is 14.6. The SMILES string of the molecule is CCOc1ccc([C@@H]2Nn3c(CC)nnc3S[C@@H]2C(=O)Nc2ccccc2Cl)cc1. The summed E-state index contributed by atoms with van der Waals surface area (Å²) in [6.45, 7) is 4.57. The zero-order chi connectivity index (χ0) is 21.1. The normalized spacial score (nSPS) is 17.7. The number of hydrogen-bond donors (Lipinski definition) is 2. The third kappa shape index (κ3) is 4.11. The smallest absolute Gasteiger partial charge is 0.240 e. The molecule has 1 amide bonds. The molecule has 2 atom stereocenters. The van der Waals surface area contributed by atoms with Crippen LogP contribution in [0.3, 0.4) is 0 Å². The lowest BCUT2D eigenvalue weighted by Crippen LogP contribution is -2.41. The molecule has 2 aromatic carbocycles. The highest BCUT2D eigenvalue weighted by molar-refractivity contribution is 8.00. The first kappa shape index (κ1) is 20.6. The number of halogens is 1. The van der Waals surface area contributed by atoms with Gasteiger partial charge in [-0.3, -0.25) is 4.79 Å². The number of thioether (sulfide) groups is 1. The van der Waals surface area contributed by atoms with E-state index in [2.05, 4.69) is 20.9 Å². The van der Waals surface area contributed by atoms with E-state index < -0.39 is 5.25 Å². The van der Waals surface area contributed by atoms with Crippen LogP contribution in [0.1, 0.15) is 31.3 Å². The lowest BCUT2D eigenvalue weighted by Gasteiger charge is -2.33. The molecule has 1 aromatic heterocycles. The highest BCUT2D eigenvalue weighted by Gasteiger charge is 2.37. The van der Waals surface area contributed by atoms with Gasteiger partial charge in [-0.25, -0.2) is 4.68 Å². The fourth-order valence-electron chi connectivity index (χ4n) is 3.28. The van der Waals surface area contributed by atoms with Crippen LogP contribution < -0.4 is 15.5 Å². The molecule has 3 aromatic rings. The van der Waals surface area contributed by atoms with Crippen molar-refractivity contribution < 1.29 is 9.53 Å². The van der Waals surface area contributed by atoms with Gasteiger partial charge in [-0.15, -0.1) is 10.2 Å². The van der Waals surface area contributed by atoms with Crippen LogP contribution in [0.25, 0.3) is 0 Å². The monoisotopic (exact) mass is 443 g/mol. The van der Waals surface area contributed by atoms with Gasteiger partial charge in [-0.05, 0) is 36.8 Å². The van der Waals surface area contributed by atoms with E-state index in [1.165, 1.54) is 11.8 Å². The van der Waals surface area contributed by atoms with Crippen LogP contribution in [0.15, 0.2) is 53.7 Å². The zero-order valence-electron chi connectivity index (χ0n) is 16.6. The van der Waals surface area contributed by atoms with Crippen molar-refractivity contribution in [1.29, 1.82) is 0 Å². The Hall–Kier alpha value is -2.71. The Kier molecular flexibility index (Phi) is 6.15. The molecule has 0 bridgehead atoms. The molecule has 4 rings (SSSR count). The predicted octanol–water partition coefficient (Wildman–Crippen LogP) is 4.29. The maximum Gasteiger partial charge on any atom is 0.240 e. The second-order valence-corrected chi connectivity index (χ2v) is 8.22. The van der Waals surface area contributed by atoms with Gasteiger partial charge in [0.1, 0.15) is 11.0 Å². The van der Waals surface area contributed by atoms with Gasteiger partial charge in [0.25, 0.3) is 0 Å². The van der Waals surface area contributed by atoms with Gasteiger partial charge in [0.05, 0.1) is 23.4 Å². The minimum absolute atomic E-state index is 0.160. The van der Waals surface area contributed by atoms with Crippen molar-refractivity contribution in [2.75, 3.05) is 17.3 Å². The molecule has 0 unspecified atom stereocenters. The van der Waals surface area contributed by atoms with E-state index in [-0.39, 0.29) is 11.9 Å². The largest absolute Gasteiger partial charge is 0.494 e. The number of amides is 1. The van der Waals surface area contributed by atoms with Gasteiger partial charge in [0.15, 0.2) is 5.82 Å². The van der Waals surface area contributed by atoms with Crippen molar-refractivity contribution in [3.8, 4) is 5.75 Å². The first-order valence-electron chi connectivity index (χ1n) is 9.76. The Morgan fingerprint density at radius 3 is 2.67 bits per heavy atom. The van der Waals surface area contributed by atoms with Gasteiger partial charge in [-0.1, -0.05) is 54.6 Å². The molecule has 2 N–H and O–H groups in total. The topological polar surface area (TPSA) is 81.1 Å². The summed E-state index contributed by atoms with van der Waals surface area (Å²) >= 11 is 7.62. The van der Waals surface area contributed by atoms with Crippen molar-refractivity contribution in [1.82, 2.24) is 14.9 Å². The number of anilines is 1. The average Bonchev–Trinajstić information content (AvgIpc) is 3.17. The first-order valence-corrected chi connectivity index (χ1v) is 11.0. The van der Waals surface area contributed by atoms with E-state index in [1.807, 2.05) is 54.9 Å². The predicted molar refractivity (Wildman–Crippen MR) is 119 cm³/mol. The van der Waals surface area contributed by atoms with Crippen LogP contribution in [-0.2, 0) is 11.2 Å². The van der Waals surface area contributed by atoms with Crippen molar-refractivity contribution in [3.63, 3.8) is 0 Å². The van der Waals surface area contributed by atoms with Crippen molar-refractivity contribution in [3.05, 3.63) is 64.9 Å². The summed E-state index contributed by atoms with van der Waals surface area (Å²) in [7, 11) is 0. The molecule has 9 heteroatoms. The highest BCUT2D eigenvalue weighted by atomic mass is 35.5. The fraction of sp³-hybridized carbons (Fsp3) is 0.286. The van der Waals surface area contributed by atoms with E-state index in [9.17, 15) is 4.79 Å². The van der Waals surface area contributed by atoms with Gasteiger partial charge in [0.2, 0.25) is 11.1 Å². The third-order valence-electron chi connectivity index (χ3n) is 4.76. The molecular weight excluding hydrogens is 422 g/mol.